The Labute approximate surface area is 243 Å². The summed E-state index contributed by atoms with van der Waals surface area (Å²) in [6, 6.07) is 30.7. The fourth-order valence-electron chi connectivity index (χ4n) is 7.17. The molecule has 3 amide bonds. The molecule has 0 unspecified atom stereocenters. The third-order valence-electron chi connectivity index (χ3n) is 8.96. The van der Waals surface area contributed by atoms with Gasteiger partial charge in [-0.3, -0.25) is 14.4 Å². The van der Waals surface area contributed by atoms with Gasteiger partial charge < -0.3 is 4.74 Å². The van der Waals surface area contributed by atoms with Gasteiger partial charge in [-0.25, -0.2) is 10.3 Å². The third-order valence-corrected chi connectivity index (χ3v) is 8.96. The zero-order valence-electron chi connectivity index (χ0n) is 23.3. The van der Waals surface area contributed by atoms with Crippen LogP contribution in [-0.2, 0) is 26.2 Å². The van der Waals surface area contributed by atoms with Gasteiger partial charge in [-0.05, 0) is 59.0 Å². The number of imide groups is 1. The molecule has 1 fully saturated rings. The minimum Gasteiger partial charge on any atom is -0.497 e. The van der Waals surface area contributed by atoms with Gasteiger partial charge in [0.25, 0.3) is 0 Å². The molecule has 208 valence electrons. The monoisotopic (exact) mass is 555 g/mol. The van der Waals surface area contributed by atoms with Crippen molar-refractivity contribution in [3.63, 3.8) is 0 Å². The molecular formula is C35H29N3O4. The highest BCUT2D eigenvalue weighted by Crippen LogP contribution is 2.63. The van der Waals surface area contributed by atoms with Gasteiger partial charge in [0.15, 0.2) is 0 Å². The van der Waals surface area contributed by atoms with Gasteiger partial charge in [0.2, 0.25) is 17.7 Å². The summed E-state index contributed by atoms with van der Waals surface area (Å²) in [5.41, 5.74) is 7.99. The van der Waals surface area contributed by atoms with E-state index in [1.165, 1.54) is 4.90 Å². The van der Waals surface area contributed by atoms with E-state index in [4.69, 9.17) is 4.74 Å². The van der Waals surface area contributed by atoms with Gasteiger partial charge in [-0.2, -0.15) is 5.10 Å². The smallest absolute Gasteiger partial charge is 0.244 e. The molecule has 7 nitrogen and oxygen atoms in total. The minimum absolute atomic E-state index is 0.133. The number of nitrogens with one attached hydrogen (secondary N) is 1. The second-order valence-corrected chi connectivity index (χ2v) is 11.2. The number of rotatable bonds is 6. The van der Waals surface area contributed by atoms with Gasteiger partial charge in [0.1, 0.15) is 5.75 Å². The Hall–Kier alpha value is -5.04. The number of methoxy groups -OCH3 is 1. The van der Waals surface area contributed by atoms with Crippen molar-refractivity contribution in [2.75, 3.05) is 12.0 Å². The van der Waals surface area contributed by atoms with Gasteiger partial charge in [-0.1, -0.05) is 78.4 Å². The Morgan fingerprint density at radius 2 is 1.50 bits per heavy atom. The Morgan fingerprint density at radius 3 is 2.12 bits per heavy atom. The van der Waals surface area contributed by atoms with E-state index in [0.717, 1.165) is 33.4 Å². The van der Waals surface area contributed by atoms with E-state index in [2.05, 4.69) is 10.5 Å². The standard InChI is InChI=1S/C35H29N3O4/c1-21-11-15-23(16-12-21)38-33(40)31-30-25-7-3-5-9-27(25)35(32(31)34(38)41,28-10-6-4-8-26(28)30)20-36-37-29(39)19-22-13-17-24(42-2)18-14-22/h3-18,20,30-32H,19H2,1-2H3,(H,37,39)/b36-20-/t30?,31-,32-,35?/m1/s1. The molecule has 0 saturated carbocycles. The van der Waals surface area contributed by atoms with Crippen molar-refractivity contribution in [3.05, 3.63) is 130 Å². The van der Waals surface area contributed by atoms with Gasteiger partial charge in [0.05, 0.1) is 36.5 Å². The fourth-order valence-corrected chi connectivity index (χ4v) is 7.17. The Kier molecular flexibility index (Phi) is 6.04. The number of nitrogens with zero attached hydrogens (tertiary/aromatic N) is 2. The van der Waals surface area contributed by atoms with Crippen LogP contribution in [0.15, 0.2) is 102 Å². The molecule has 3 aliphatic carbocycles. The fraction of sp³-hybridized carbons (Fsp3) is 0.200. The molecule has 4 aromatic rings. The number of hydrogen-bond acceptors (Lipinski definition) is 5. The lowest BCUT2D eigenvalue weighted by molar-refractivity contribution is -0.123. The summed E-state index contributed by atoms with van der Waals surface area (Å²) in [5, 5.41) is 4.49. The number of hydrazone groups is 1. The van der Waals surface area contributed by atoms with Crippen LogP contribution >= 0.6 is 0 Å². The van der Waals surface area contributed by atoms with Crippen LogP contribution in [0.5, 0.6) is 5.75 Å². The third kappa shape index (κ3) is 3.73. The van der Waals surface area contributed by atoms with Crippen LogP contribution in [-0.4, -0.2) is 31.0 Å². The van der Waals surface area contributed by atoms with E-state index in [1.807, 2.05) is 104 Å². The first-order valence-electron chi connectivity index (χ1n) is 14.0. The van der Waals surface area contributed by atoms with Crippen molar-refractivity contribution in [3.8, 4) is 5.75 Å². The lowest BCUT2D eigenvalue weighted by Crippen LogP contribution is -2.54. The Morgan fingerprint density at radius 1 is 0.881 bits per heavy atom. The zero-order valence-corrected chi connectivity index (χ0v) is 23.3. The highest BCUT2D eigenvalue weighted by atomic mass is 16.5. The maximum atomic E-state index is 14.4. The zero-order chi connectivity index (χ0) is 29.0. The molecule has 1 saturated heterocycles. The van der Waals surface area contributed by atoms with E-state index in [1.54, 1.807) is 13.3 Å². The van der Waals surface area contributed by atoms with Crippen molar-refractivity contribution in [1.29, 1.82) is 0 Å². The van der Waals surface area contributed by atoms with Crippen LogP contribution < -0.4 is 15.1 Å². The maximum Gasteiger partial charge on any atom is 0.244 e. The lowest BCUT2D eigenvalue weighted by Gasteiger charge is -2.52. The van der Waals surface area contributed by atoms with Gasteiger partial charge in [0, 0.05) is 12.1 Å². The van der Waals surface area contributed by atoms with Crippen molar-refractivity contribution in [2.24, 2.45) is 16.9 Å². The number of hydrogen-bond donors (Lipinski definition) is 1. The summed E-state index contributed by atoms with van der Waals surface area (Å²) in [6.07, 6.45) is 1.82. The van der Waals surface area contributed by atoms with Crippen LogP contribution in [0.25, 0.3) is 0 Å². The van der Waals surface area contributed by atoms with Crippen LogP contribution in [0.3, 0.4) is 0 Å². The number of anilines is 1. The molecule has 2 atom stereocenters. The molecule has 4 aliphatic rings. The molecule has 2 bridgehead atoms. The summed E-state index contributed by atoms with van der Waals surface area (Å²) in [6.45, 7) is 1.97. The van der Waals surface area contributed by atoms with Crippen LogP contribution in [0, 0.1) is 18.8 Å². The minimum atomic E-state index is -1.04. The van der Waals surface area contributed by atoms with Gasteiger partial charge in [-0.15, -0.1) is 0 Å². The predicted octanol–water partition coefficient (Wildman–Crippen LogP) is 4.90. The quantitative estimate of drug-likeness (QED) is 0.208. The average molecular weight is 556 g/mol. The first kappa shape index (κ1) is 25.9. The van der Waals surface area contributed by atoms with E-state index in [-0.39, 0.29) is 30.1 Å². The van der Waals surface area contributed by atoms with Crippen molar-refractivity contribution < 1.29 is 19.1 Å². The number of ether oxygens (including phenoxy) is 1. The summed E-state index contributed by atoms with van der Waals surface area (Å²) in [4.78, 5) is 42.9. The molecule has 42 heavy (non-hydrogen) atoms. The first-order valence-corrected chi connectivity index (χ1v) is 14.0. The van der Waals surface area contributed by atoms with Crippen LogP contribution in [0.2, 0.25) is 0 Å². The molecule has 1 heterocycles. The SMILES string of the molecule is COc1ccc(CC(=O)N/N=C\C23c4ccccc4C(c4ccccc42)[C@H]2C(=O)N(c4ccc(C)cc4)C(=O)[C@@H]23)cc1. The van der Waals surface area contributed by atoms with E-state index >= 15 is 0 Å². The van der Waals surface area contributed by atoms with Crippen LogP contribution in [0.1, 0.15) is 39.3 Å². The molecule has 0 radical (unpaired) electrons. The van der Waals surface area contributed by atoms with Crippen LogP contribution in [0.4, 0.5) is 5.69 Å². The summed E-state index contributed by atoms with van der Waals surface area (Å²) in [5.74, 6) is -1.58. The van der Waals surface area contributed by atoms with Crippen molar-refractivity contribution >= 4 is 29.6 Å². The van der Waals surface area contributed by atoms with E-state index in [9.17, 15) is 14.4 Å². The Balaban J connectivity index is 1.32. The summed E-state index contributed by atoms with van der Waals surface area (Å²) in [7, 11) is 1.60. The van der Waals surface area contributed by atoms with E-state index in [0.29, 0.717) is 11.4 Å². The number of carbonyl (C=O) groups excluding carboxylic acids is 3. The second kappa shape index (κ2) is 9.80. The van der Waals surface area contributed by atoms with Crippen molar-refractivity contribution in [1.82, 2.24) is 5.43 Å². The Bertz CT molecular complexity index is 1710. The lowest BCUT2D eigenvalue weighted by atomic mass is 9.47. The number of aryl methyl sites for hydroxylation is 1. The summed E-state index contributed by atoms with van der Waals surface area (Å²) >= 11 is 0. The molecule has 7 heteroatoms. The molecule has 4 aromatic carbocycles. The number of benzene rings is 4. The maximum absolute atomic E-state index is 14.4. The predicted molar refractivity (Wildman–Crippen MR) is 159 cm³/mol. The normalized spacial score (nSPS) is 23.5. The molecular weight excluding hydrogens is 526 g/mol. The van der Waals surface area contributed by atoms with E-state index < -0.39 is 17.3 Å². The molecule has 8 rings (SSSR count). The van der Waals surface area contributed by atoms with Crippen molar-refractivity contribution in [2.45, 2.75) is 24.7 Å². The van der Waals surface area contributed by atoms with Gasteiger partial charge >= 0.3 is 0 Å². The number of carbonyl (C=O) groups is 3. The molecule has 1 N–H and O–H groups in total. The molecule has 0 aromatic heterocycles. The molecule has 1 aliphatic heterocycles. The first-order chi connectivity index (χ1) is 20.4. The average Bonchev–Trinajstić information content (AvgIpc) is 3.28. The number of amides is 3. The highest BCUT2D eigenvalue weighted by Gasteiger charge is 2.68. The topological polar surface area (TPSA) is 88.1 Å². The molecule has 0 spiro atoms. The largest absolute Gasteiger partial charge is 0.497 e. The second-order valence-electron chi connectivity index (χ2n) is 11.2. The summed E-state index contributed by atoms with van der Waals surface area (Å²) < 4.78 is 5.20. The highest BCUT2D eigenvalue weighted by molar-refractivity contribution is 6.25.